The predicted molar refractivity (Wildman–Crippen MR) is 111 cm³/mol. The molecule has 5 rings (SSSR count). The Kier molecular flexibility index (Phi) is 3.91. The summed E-state index contributed by atoms with van der Waals surface area (Å²) in [4.78, 5) is 20.0. The zero-order valence-electron chi connectivity index (χ0n) is 16.0. The number of hydrogen-bond acceptors (Lipinski definition) is 5. The highest BCUT2D eigenvalue weighted by atomic mass is 16.1. The molecule has 1 aliphatic rings. The minimum absolute atomic E-state index is 0.0635. The van der Waals surface area contributed by atoms with Gasteiger partial charge < -0.3 is 10.2 Å². The molecule has 7 nitrogen and oxygen atoms in total. The highest BCUT2D eigenvalue weighted by Gasteiger charge is 2.14. The number of benzene rings is 1. The number of nitrogens with zero attached hydrogens (tertiary/aromatic N) is 5. The van der Waals surface area contributed by atoms with Crippen LogP contribution >= 0.6 is 0 Å². The van der Waals surface area contributed by atoms with Gasteiger partial charge in [0.05, 0.1) is 16.9 Å². The number of piperazine rings is 1. The Morgan fingerprint density at radius 1 is 1.07 bits per heavy atom. The van der Waals surface area contributed by atoms with E-state index >= 15 is 0 Å². The molecule has 0 radical (unpaired) electrons. The van der Waals surface area contributed by atoms with E-state index in [2.05, 4.69) is 21.4 Å². The lowest BCUT2D eigenvalue weighted by molar-refractivity contribution is 0.588. The van der Waals surface area contributed by atoms with Gasteiger partial charge in [0, 0.05) is 62.6 Å². The van der Waals surface area contributed by atoms with Crippen LogP contribution in [-0.2, 0) is 7.05 Å². The molecule has 1 aromatic carbocycles. The summed E-state index contributed by atoms with van der Waals surface area (Å²) in [5.41, 5.74) is 5.25. The molecule has 0 unspecified atom stereocenters. The van der Waals surface area contributed by atoms with E-state index in [4.69, 9.17) is 4.98 Å². The topological polar surface area (TPSA) is 67.5 Å². The molecular weight excluding hydrogens is 352 g/mol. The Bertz CT molecular complexity index is 1250. The SMILES string of the molecule is Cc1cc(N2CCNCC2)cn2c(=O)cc(-c3ccc4nn(C)cc4c3)nc12. The number of rotatable bonds is 2. The summed E-state index contributed by atoms with van der Waals surface area (Å²) in [5.74, 6) is 0. The summed E-state index contributed by atoms with van der Waals surface area (Å²) in [5, 5.41) is 8.80. The molecule has 0 bridgehead atoms. The van der Waals surface area contributed by atoms with E-state index in [1.807, 2.05) is 44.6 Å². The van der Waals surface area contributed by atoms with Crippen molar-refractivity contribution < 1.29 is 0 Å². The first kappa shape index (κ1) is 16.9. The van der Waals surface area contributed by atoms with Crippen LogP contribution in [0.4, 0.5) is 5.69 Å². The van der Waals surface area contributed by atoms with Crippen LogP contribution in [0, 0.1) is 6.92 Å². The fourth-order valence-corrected chi connectivity index (χ4v) is 3.90. The van der Waals surface area contributed by atoms with Gasteiger partial charge in [-0.05, 0) is 30.7 Å². The van der Waals surface area contributed by atoms with Crippen LogP contribution in [-0.4, -0.2) is 45.3 Å². The summed E-state index contributed by atoms with van der Waals surface area (Å²) < 4.78 is 3.46. The minimum atomic E-state index is -0.0635. The quantitative estimate of drug-likeness (QED) is 0.581. The van der Waals surface area contributed by atoms with E-state index in [-0.39, 0.29) is 5.56 Å². The number of nitrogens with one attached hydrogen (secondary N) is 1. The van der Waals surface area contributed by atoms with E-state index in [9.17, 15) is 4.79 Å². The second kappa shape index (κ2) is 6.45. The second-order valence-electron chi connectivity index (χ2n) is 7.37. The van der Waals surface area contributed by atoms with Gasteiger partial charge in [0.15, 0.2) is 0 Å². The molecule has 7 heteroatoms. The number of aryl methyl sites for hydroxylation is 2. The van der Waals surface area contributed by atoms with Crippen molar-refractivity contribution in [3.8, 4) is 11.3 Å². The second-order valence-corrected chi connectivity index (χ2v) is 7.37. The van der Waals surface area contributed by atoms with E-state index < -0.39 is 0 Å². The number of hydrogen-bond donors (Lipinski definition) is 1. The fourth-order valence-electron chi connectivity index (χ4n) is 3.90. The first-order chi connectivity index (χ1) is 13.6. The maximum absolute atomic E-state index is 12.9. The van der Waals surface area contributed by atoms with E-state index in [0.717, 1.165) is 53.9 Å². The van der Waals surface area contributed by atoms with Gasteiger partial charge in [0.1, 0.15) is 5.65 Å². The summed E-state index contributed by atoms with van der Waals surface area (Å²) >= 11 is 0. The van der Waals surface area contributed by atoms with E-state index in [0.29, 0.717) is 11.3 Å². The molecule has 1 saturated heterocycles. The zero-order chi connectivity index (χ0) is 19.3. The van der Waals surface area contributed by atoms with Crippen LogP contribution in [0.5, 0.6) is 0 Å². The molecule has 1 fully saturated rings. The Labute approximate surface area is 162 Å². The van der Waals surface area contributed by atoms with E-state index in [1.54, 1.807) is 15.1 Å². The molecule has 4 heterocycles. The molecule has 0 aliphatic carbocycles. The normalized spacial score (nSPS) is 14.9. The van der Waals surface area contributed by atoms with Gasteiger partial charge >= 0.3 is 0 Å². The lowest BCUT2D eigenvalue weighted by Gasteiger charge is -2.29. The van der Waals surface area contributed by atoms with Crippen molar-refractivity contribution in [3.05, 3.63) is 58.6 Å². The molecule has 3 aromatic heterocycles. The molecule has 0 atom stereocenters. The molecule has 1 N–H and O–H groups in total. The van der Waals surface area contributed by atoms with Crippen LogP contribution in [0.15, 0.2) is 47.5 Å². The van der Waals surface area contributed by atoms with Crippen molar-refractivity contribution >= 4 is 22.2 Å². The maximum Gasteiger partial charge on any atom is 0.258 e. The fraction of sp³-hybridized carbons (Fsp3) is 0.286. The van der Waals surface area contributed by atoms with Crippen LogP contribution in [0.2, 0.25) is 0 Å². The molecule has 1 aliphatic heterocycles. The average Bonchev–Trinajstić information content (AvgIpc) is 3.08. The van der Waals surface area contributed by atoms with Crippen molar-refractivity contribution in [1.82, 2.24) is 24.5 Å². The molecule has 0 amide bonds. The Balaban J connectivity index is 1.63. The number of fused-ring (bicyclic) bond motifs is 2. The summed E-state index contributed by atoms with van der Waals surface area (Å²) in [6.45, 7) is 5.81. The van der Waals surface area contributed by atoms with Crippen molar-refractivity contribution in [1.29, 1.82) is 0 Å². The third kappa shape index (κ3) is 2.84. The van der Waals surface area contributed by atoms with Crippen molar-refractivity contribution in [2.24, 2.45) is 7.05 Å². The lowest BCUT2D eigenvalue weighted by atomic mass is 10.1. The molecule has 142 valence electrons. The van der Waals surface area contributed by atoms with Gasteiger partial charge in [0.2, 0.25) is 0 Å². The van der Waals surface area contributed by atoms with Gasteiger partial charge in [0.25, 0.3) is 5.56 Å². The summed E-state index contributed by atoms with van der Waals surface area (Å²) in [6, 6.07) is 9.71. The van der Waals surface area contributed by atoms with E-state index in [1.165, 1.54) is 0 Å². The van der Waals surface area contributed by atoms with Crippen LogP contribution in [0.3, 0.4) is 0 Å². The lowest BCUT2D eigenvalue weighted by Crippen LogP contribution is -2.43. The maximum atomic E-state index is 12.9. The summed E-state index contributed by atoms with van der Waals surface area (Å²) in [7, 11) is 1.90. The van der Waals surface area contributed by atoms with Crippen LogP contribution in [0.1, 0.15) is 5.56 Å². The molecule has 4 aromatic rings. The average molecular weight is 374 g/mol. The van der Waals surface area contributed by atoms with Gasteiger partial charge in [-0.1, -0.05) is 6.07 Å². The van der Waals surface area contributed by atoms with Crippen LogP contribution < -0.4 is 15.8 Å². The highest BCUT2D eigenvalue weighted by Crippen LogP contribution is 2.24. The van der Waals surface area contributed by atoms with Gasteiger partial charge in [-0.15, -0.1) is 0 Å². The standard InChI is InChI=1S/C21H22N6O/c1-14-9-17(26-7-5-22-6-8-26)13-27-20(28)11-19(23-21(14)27)15-3-4-18-16(10-15)12-25(2)24-18/h3-4,9-13,22H,5-8H2,1-2H3. The van der Waals surface area contributed by atoms with Crippen molar-refractivity contribution in [2.75, 3.05) is 31.1 Å². The first-order valence-corrected chi connectivity index (χ1v) is 9.52. The van der Waals surface area contributed by atoms with Crippen molar-refractivity contribution in [3.63, 3.8) is 0 Å². The monoisotopic (exact) mass is 374 g/mol. The van der Waals surface area contributed by atoms with Crippen LogP contribution in [0.25, 0.3) is 27.8 Å². The molecule has 0 spiro atoms. The predicted octanol–water partition coefficient (Wildman–Crippen LogP) is 1.97. The molecule has 0 saturated carbocycles. The third-order valence-electron chi connectivity index (χ3n) is 5.33. The Hall–Kier alpha value is -3.19. The van der Waals surface area contributed by atoms with Gasteiger partial charge in [-0.25, -0.2) is 4.98 Å². The molecular formula is C21H22N6O. The van der Waals surface area contributed by atoms with Crippen molar-refractivity contribution in [2.45, 2.75) is 6.92 Å². The zero-order valence-corrected chi connectivity index (χ0v) is 16.0. The largest absolute Gasteiger partial charge is 0.368 e. The van der Waals surface area contributed by atoms with Gasteiger partial charge in [-0.3, -0.25) is 13.9 Å². The Morgan fingerprint density at radius 2 is 1.89 bits per heavy atom. The minimum Gasteiger partial charge on any atom is -0.368 e. The first-order valence-electron chi connectivity index (χ1n) is 9.52. The summed E-state index contributed by atoms with van der Waals surface area (Å²) in [6.07, 6.45) is 3.88. The van der Waals surface area contributed by atoms with Gasteiger partial charge in [-0.2, -0.15) is 5.10 Å². The number of pyridine rings is 1. The highest BCUT2D eigenvalue weighted by molar-refractivity contribution is 5.83. The molecule has 28 heavy (non-hydrogen) atoms. The number of anilines is 1. The Morgan fingerprint density at radius 3 is 2.71 bits per heavy atom. The smallest absolute Gasteiger partial charge is 0.258 e. The third-order valence-corrected chi connectivity index (χ3v) is 5.33. The number of aromatic nitrogens is 4.